The summed E-state index contributed by atoms with van der Waals surface area (Å²) in [5.41, 5.74) is 0.816. The van der Waals surface area contributed by atoms with Crippen molar-refractivity contribution >= 4 is 41.2 Å². The molecule has 0 saturated carbocycles. The number of unbranched alkanes of at least 4 members (excludes halogenated alkanes) is 12. The minimum absolute atomic E-state index is 0.0215. The van der Waals surface area contributed by atoms with Gasteiger partial charge in [0.1, 0.15) is 29.6 Å². The van der Waals surface area contributed by atoms with Gasteiger partial charge in [-0.25, -0.2) is 4.79 Å². The molecule has 66 heavy (non-hydrogen) atoms. The molecule has 3 rings (SSSR count). The van der Waals surface area contributed by atoms with Crippen LogP contribution in [0.4, 0.5) is 0 Å². The number of ketones is 2. The van der Waals surface area contributed by atoms with Crippen molar-refractivity contribution in [2.75, 3.05) is 27.3 Å². The van der Waals surface area contributed by atoms with Gasteiger partial charge < -0.3 is 46.0 Å². The fourth-order valence-corrected chi connectivity index (χ4v) is 8.42. The number of aliphatic hydroxyl groups excluding tert-OH is 2. The van der Waals surface area contributed by atoms with Crippen LogP contribution in [0.25, 0.3) is 11.1 Å². The van der Waals surface area contributed by atoms with Crippen LogP contribution in [0, 0.1) is 5.92 Å². The molecular weight excluding hydrogens is 849 g/mol. The number of carboxylic acid groups (broad SMARTS) is 1. The molecule has 16 nitrogen and oxygen atoms in total. The van der Waals surface area contributed by atoms with E-state index >= 15 is 0 Å². The van der Waals surface area contributed by atoms with Crippen molar-refractivity contribution in [3.63, 3.8) is 0 Å². The molecule has 0 spiro atoms. The average Bonchev–Trinajstić information content (AvgIpc) is 3.28. The smallest absolute Gasteiger partial charge is 0.326 e. The van der Waals surface area contributed by atoms with Crippen LogP contribution in [-0.2, 0) is 40.0 Å². The molecule has 5 atom stereocenters. The maximum absolute atomic E-state index is 14.3. The van der Waals surface area contributed by atoms with Crippen LogP contribution in [0.1, 0.15) is 153 Å². The standard InChI is InChI=1S/C50H74N4O12/c1-5-6-7-8-9-10-11-12-13-14-15-16-17-20-45(61)53(3)40(32-56)49(64)51-33(2)41(57)25-26-46(62)54(4)47-35-22-24-43(59)38(30-35)37-28-34(21-23-42(37)58)29-39(50(65)66)52-48(63)36(19-18-27-55)31-44(47)60/h21-24,28,30,33,36,39-40,47,55-56,58-59H,5-20,25-27,29,31-32H2,1-4H3,(H,51,64)(H,52,63)(H,65,66)/t33-,36-,39+,40-,47+/m1/s1. The minimum atomic E-state index is -1.43. The summed E-state index contributed by atoms with van der Waals surface area (Å²) in [7, 11) is 2.78. The predicted molar refractivity (Wildman–Crippen MR) is 249 cm³/mol. The number of carbonyl (C=O) groups is 7. The lowest BCUT2D eigenvalue weighted by atomic mass is 9.87. The molecule has 1 aliphatic rings. The molecule has 1 heterocycles. The first-order valence-electron chi connectivity index (χ1n) is 23.8. The van der Waals surface area contributed by atoms with Crippen molar-refractivity contribution in [2.45, 2.75) is 166 Å². The molecule has 16 heteroatoms. The molecule has 0 fully saturated rings. The summed E-state index contributed by atoms with van der Waals surface area (Å²) in [5, 5.41) is 56.5. The van der Waals surface area contributed by atoms with Gasteiger partial charge in [0.15, 0.2) is 11.6 Å². The Kier molecular flexibility index (Phi) is 23.9. The molecule has 366 valence electrons. The molecule has 4 bridgehead atoms. The Hall–Kier alpha value is -5.35. The number of hydrogen-bond acceptors (Lipinski definition) is 11. The van der Waals surface area contributed by atoms with Crippen LogP contribution in [0.5, 0.6) is 11.5 Å². The van der Waals surface area contributed by atoms with Crippen LogP contribution in [0.3, 0.4) is 0 Å². The number of amides is 4. The normalized spacial score (nSPS) is 17.2. The minimum Gasteiger partial charge on any atom is -0.507 e. The van der Waals surface area contributed by atoms with Gasteiger partial charge in [-0.1, -0.05) is 96.1 Å². The van der Waals surface area contributed by atoms with E-state index in [0.29, 0.717) is 12.0 Å². The third-order valence-corrected chi connectivity index (χ3v) is 12.6. The van der Waals surface area contributed by atoms with Crippen LogP contribution < -0.4 is 10.6 Å². The monoisotopic (exact) mass is 923 g/mol. The summed E-state index contributed by atoms with van der Waals surface area (Å²) in [6, 6.07) is 3.24. The number of aromatic hydroxyl groups is 2. The molecule has 0 saturated heterocycles. The zero-order valence-electron chi connectivity index (χ0n) is 39.4. The Morgan fingerprint density at radius 1 is 0.742 bits per heavy atom. The van der Waals surface area contributed by atoms with Crippen molar-refractivity contribution < 1.29 is 59.1 Å². The lowest BCUT2D eigenvalue weighted by Gasteiger charge is -2.30. The van der Waals surface area contributed by atoms with Gasteiger partial charge in [-0.15, -0.1) is 0 Å². The predicted octanol–water partition coefficient (Wildman–Crippen LogP) is 5.89. The molecule has 2 aromatic rings. The molecule has 4 amide bonds. The number of carbonyl (C=O) groups excluding carboxylic acids is 6. The van der Waals surface area contributed by atoms with Crippen LogP contribution in [0.2, 0.25) is 0 Å². The Morgan fingerprint density at radius 3 is 1.89 bits per heavy atom. The number of aliphatic hydroxyl groups is 2. The van der Waals surface area contributed by atoms with E-state index in [1.807, 2.05) is 0 Å². The lowest BCUT2D eigenvalue weighted by Crippen LogP contribution is -2.53. The fraction of sp³-hybridized carbons (Fsp3) is 0.620. The number of carboxylic acids is 1. The maximum Gasteiger partial charge on any atom is 0.326 e. The number of nitrogens with zero attached hydrogens (tertiary/aromatic N) is 2. The van der Waals surface area contributed by atoms with Crippen molar-refractivity contribution in [1.29, 1.82) is 0 Å². The molecule has 0 aromatic heterocycles. The Morgan fingerprint density at radius 2 is 1.32 bits per heavy atom. The number of nitrogens with one attached hydrogen (secondary N) is 2. The number of fused-ring (bicyclic) bond motifs is 5. The van der Waals surface area contributed by atoms with Crippen LogP contribution in [-0.4, -0.2) is 122 Å². The molecule has 7 N–H and O–H groups in total. The molecule has 0 radical (unpaired) electrons. The highest BCUT2D eigenvalue weighted by Gasteiger charge is 2.35. The number of aliphatic carboxylic acids is 1. The van der Waals surface area contributed by atoms with Gasteiger partial charge in [-0.3, -0.25) is 28.8 Å². The van der Waals surface area contributed by atoms with Crippen LogP contribution in [0.15, 0.2) is 36.4 Å². The molecule has 0 unspecified atom stereocenters. The van der Waals surface area contributed by atoms with Gasteiger partial charge in [0.05, 0.1) is 12.6 Å². The van der Waals surface area contributed by atoms with E-state index in [9.17, 15) is 59.1 Å². The van der Waals surface area contributed by atoms with Gasteiger partial charge in [0.25, 0.3) is 0 Å². The molecule has 0 aliphatic carbocycles. The van der Waals surface area contributed by atoms with E-state index in [4.69, 9.17) is 0 Å². The number of phenols is 2. The van der Waals surface area contributed by atoms with Gasteiger partial charge in [-0.05, 0) is 61.6 Å². The van der Waals surface area contributed by atoms with E-state index in [1.165, 1.54) is 120 Å². The van der Waals surface area contributed by atoms with Gasteiger partial charge in [0.2, 0.25) is 23.6 Å². The zero-order chi connectivity index (χ0) is 48.8. The fourth-order valence-electron chi connectivity index (χ4n) is 8.42. The zero-order valence-corrected chi connectivity index (χ0v) is 39.4. The quantitative estimate of drug-likeness (QED) is 0.0518. The van der Waals surface area contributed by atoms with Crippen molar-refractivity contribution in [3.05, 3.63) is 47.5 Å². The second-order valence-corrected chi connectivity index (χ2v) is 17.8. The van der Waals surface area contributed by atoms with Crippen molar-refractivity contribution in [3.8, 4) is 22.6 Å². The largest absolute Gasteiger partial charge is 0.507 e. The Bertz CT molecular complexity index is 1940. The first-order chi connectivity index (χ1) is 31.5. The first kappa shape index (κ1) is 55.0. The first-order valence-corrected chi connectivity index (χ1v) is 23.8. The summed E-state index contributed by atoms with van der Waals surface area (Å²) in [4.78, 5) is 95.8. The molecule has 2 aromatic carbocycles. The number of benzene rings is 2. The highest BCUT2D eigenvalue weighted by molar-refractivity contribution is 5.97. The third-order valence-electron chi connectivity index (χ3n) is 12.6. The van der Waals surface area contributed by atoms with Gasteiger partial charge >= 0.3 is 5.97 Å². The summed E-state index contributed by atoms with van der Waals surface area (Å²) in [5.74, 6) is -6.57. The Labute approximate surface area is 389 Å². The van der Waals surface area contributed by atoms with Crippen molar-refractivity contribution in [2.24, 2.45) is 5.92 Å². The highest BCUT2D eigenvalue weighted by Crippen LogP contribution is 2.39. The van der Waals surface area contributed by atoms with E-state index in [1.54, 1.807) is 0 Å². The van der Waals surface area contributed by atoms with E-state index < -0.39 is 84.8 Å². The number of hydrogen-bond donors (Lipinski definition) is 7. The summed E-state index contributed by atoms with van der Waals surface area (Å²) in [6.45, 7) is 2.67. The highest BCUT2D eigenvalue weighted by atomic mass is 16.4. The summed E-state index contributed by atoms with van der Waals surface area (Å²) in [6.07, 6.45) is 14.1. The maximum atomic E-state index is 14.3. The average molecular weight is 923 g/mol. The molecule has 1 aliphatic heterocycles. The Balaban J connectivity index is 1.66. The second-order valence-electron chi connectivity index (χ2n) is 17.8. The number of likely N-dealkylation sites (N-methyl/N-ethyl adjacent to an activating group) is 2. The summed E-state index contributed by atoms with van der Waals surface area (Å²) >= 11 is 0. The van der Waals surface area contributed by atoms with E-state index in [-0.39, 0.29) is 72.8 Å². The van der Waals surface area contributed by atoms with Gasteiger partial charge in [0, 0.05) is 69.9 Å². The second kappa shape index (κ2) is 28.6. The van der Waals surface area contributed by atoms with Gasteiger partial charge in [-0.2, -0.15) is 0 Å². The molecular formula is C50H74N4O12. The topological polar surface area (TPSA) is 251 Å². The number of Topliss-reactive ketones (excluding diaryl/α,β-unsaturated/α-hetero) is 2. The number of rotatable bonds is 27. The van der Waals surface area contributed by atoms with E-state index in [2.05, 4.69) is 17.6 Å². The number of phenolic OH excluding ortho intramolecular Hbond substituents is 2. The SMILES string of the molecule is CCCCCCCCCCCCCCCC(=O)N(C)[C@H](CO)C(=O)N[C@H](C)C(=O)CCC(=O)N(C)[C@@H]1C(=O)C[C@@H](CCCO)C(=O)N[C@H](C(=O)O)Cc2ccc(O)c(c2)-c2cc1ccc2O. The van der Waals surface area contributed by atoms with E-state index in [0.717, 1.165) is 24.2 Å². The van der Waals surface area contributed by atoms with Crippen molar-refractivity contribution in [1.82, 2.24) is 20.4 Å². The third kappa shape index (κ3) is 17.1. The van der Waals surface area contributed by atoms with Crippen LogP contribution >= 0.6 is 0 Å². The summed E-state index contributed by atoms with van der Waals surface area (Å²) < 4.78 is 0. The lowest BCUT2D eigenvalue weighted by molar-refractivity contribution is -0.143.